The molecule has 0 spiro atoms. The van der Waals surface area contributed by atoms with Gasteiger partial charge < -0.3 is 18.9 Å². The Labute approximate surface area is 131 Å². The molecule has 0 bridgehead atoms. The highest BCUT2D eigenvalue weighted by Gasteiger charge is 2.45. The number of epoxide rings is 4. The van der Waals surface area contributed by atoms with Crippen LogP contribution in [0.4, 0.5) is 0 Å². The van der Waals surface area contributed by atoms with E-state index in [0.29, 0.717) is 24.9 Å². The minimum absolute atomic E-state index is 0.337. The lowest BCUT2D eigenvalue weighted by Gasteiger charge is -2.34. The summed E-state index contributed by atoms with van der Waals surface area (Å²) in [6.07, 6.45) is 6.73. The van der Waals surface area contributed by atoms with Gasteiger partial charge in [-0.15, -0.1) is 0 Å². The van der Waals surface area contributed by atoms with E-state index in [1.807, 2.05) is 0 Å². The Kier molecular flexibility index (Phi) is 3.65. The average Bonchev–Trinajstić information content (AvgIpc) is 3.40. The quantitative estimate of drug-likeness (QED) is 0.619. The predicted octanol–water partition coefficient (Wildman–Crippen LogP) is 0.822. The molecule has 4 saturated heterocycles. The molecule has 0 aromatic carbocycles. The maximum atomic E-state index is 5.49. The molecule has 5 aliphatic rings. The fourth-order valence-corrected chi connectivity index (χ4v) is 4.11. The largest absolute Gasteiger partial charge is 0.356 e. The molecule has 6 nitrogen and oxygen atoms in total. The SMILES string of the molecule is C1CC(CN(C2CO2)C2CO2)CC(CN(C2CO2)[C@@H]2CO2)C1. The van der Waals surface area contributed by atoms with Crippen LogP contribution in [0.15, 0.2) is 0 Å². The van der Waals surface area contributed by atoms with Gasteiger partial charge in [0.15, 0.2) is 0 Å². The molecule has 1 aliphatic carbocycles. The lowest BCUT2D eigenvalue weighted by molar-refractivity contribution is 0.0568. The van der Waals surface area contributed by atoms with Crippen molar-refractivity contribution in [2.24, 2.45) is 11.8 Å². The van der Waals surface area contributed by atoms with Gasteiger partial charge in [-0.1, -0.05) is 6.42 Å². The molecule has 0 aromatic rings. The van der Waals surface area contributed by atoms with Crippen LogP contribution in [0.25, 0.3) is 0 Å². The van der Waals surface area contributed by atoms with Crippen molar-refractivity contribution in [3.05, 3.63) is 0 Å². The van der Waals surface area contributed by atoms with Crippen molar-refractivity contribution < 1.29 is 18.9 Å². The summed E-state index contributed by atoms with van der Waals surface area (Å²) in [5, 5.41) is 0. The van der Waals surface area contributed by atoms with Gasteiger partial charge in [-0.05, 0) is 31.1 Å². The summed E-state index contributed by atoms with van der Waals surface area (Å²) in [6, 6.07) is 0. The van der Waals surface area contributed by atoms with E-state index in [1.165, 1.54) is 25.7 Å². The van der Waals surface area contributed by atoms with Gasteiger partial charge >= 0.3 is 0 Å². The zero-order chi connectivity index (χ0) is 14.5. The van der Waals surface area contributed by atoms with Crippen LogP contribution in [0, 0.1) is 11.8 Å². The Morgan fingerprint density at radius 1 is 0.636 bits per heavy atom. The summed E-state index contributed by atoms with van der Waals surface area (Å²) >= 11 is 0. The van der Waals surface area contributed by atoms with Gasteiger partial charge in [0, 0.05) is 13.1 Å². The van der Waals surface area contributed by atoms with Gasteiger partial charge in [0.05, 0.1) is 26.4 Å². The average molecular weight is 310 g/mol. The molecule has 6 heteroatoms. The van der Waals surface area contributed by atoms with Crippen LogP contribution in [0.1, 0.15) is 25.7 Å². The van der Waals surface area contributed by atoms with E-state index in [9.17, 15) is 0 Å². The van der Waals surface area contributed by atoms with Crippen molar-refractivity contribution >= 4 is 0 Å². The molecule has 5 fully saturated rings. The van der Waals surface area contributed by atoms with Crippen molar-refractivity contribution in [1.82, 2.24) is 9.80 Å². The molecule has 124 valence electrons. The molecule has 5 rings (SSSR count). The molecule has 22 heavy (non-hydrogen) atoms. The minimum atomic E-state index is 0.337. The first-order valence-corrected chi connectivity index (χ1v) is 8.85. The van der Waals surface area contributed by atoms with Crippen LogP contribution in [-0.2, 0) is 18.9 Å². The highest BCUT2D eigenvalue weighted by Crippen LogP contribution is 2.36. The molecule has 0 N–H and O–H groups in total. The molecule has 4 heterocycles. The van der Waals surface area contributed by atoms with E-state index in [1.54, 1.807) is 0 Å². The van der Waals surface area contributed by atoms with Gasteiger partial charge in [0.25, 0.3) is 0 Å². The zero-order valence-corrected chi connectivity index (χ0v) is 13.1. The van der Waals surface area contributed by atoms with Gasteiger partial charge in [0.1, 0.15) is 24.9 Å². The van der Waals surface area contributed by atoms with E-state index in [2.05, 4.69) is 9.80 Å². The smallest absolute Gasteiger partial charge is 0.136 e. The van der Waals surface area contributed by atoms with Crippen molar-refractivity contribution in [2.75, 3.05) is 39.5 Å². The third-order valence-electron chi connectivity index (χ3n) is 5.57. The number of rotatable bonds is 8. The number of hydrogen-bond acceptors (Lipinski definition) is 6. The van der Waals surface area contributed by atoms with E-state index in [4.69, 9.17) is 18.9 Å². The minimum Gasteiger partial charge on any atom is -0.356 e. The normalized spacial score (nSPS) is 46.1. The fourth-order valence-electron chi connectivity index (χ4n) is 4.11. The van der Waals surface area contributed by atoms with E-state index in [0.717, 1.165) is 51.4 Å². The summed E-state index contributed by atoms with van der Waals surface area (Å²) < 4.78 is 22.0. The van der Waals surface area contributed by atoms with Crippen LogP contribution in [0.5, 0.6) is 0 Å². The lowest BCUT2D eigenvalue weighted by Crippen LogP contribution is -2.40. The first-order chi connectivity index (χ1) is 10.9. The van der Waals surface area contributed by atoms with Crippen molar-refractivity contribution in [2.45, 2.75) is 50.6 Å². The molecule has 0 aromatic heterocycles. The molecular formula is C16H26N2O4. The molecule has 0 radical (unpaired) electrons. The van der Waals surface area contributed by atoms with Crippen molar-refractivity contribution in [3.8, 4) is 0 Å². The molecule has 0 amide bonds. The summed E-state index contributed by atoms with van der Waals surface area (Å²) in [7, 11) is 0. The van der Waals surface area contributed by atoms with Gasteiger partial charge in [-0.25, -0.2) is 9.80 Å². The first kappa shape index (κ1) is 14.1. The highest BCUT2D eigenvalue weighted by molar-refractivity contribution is 4.87. The standard InChI is InChI=1S/C16H26N2O4/c1-2-11(5-17(13-7-19-13)14-8-20-14)4-12(3-1)6-18(15-9-21-15)16-10-22-16/h11-16H,1-10H2/t11?,12?,13-,14?,15?,16?/m0/s1. The van der Waals surface area contributed by atoms with Crippen LogP contribution in [0.2, 0.25) is 0 Å². The second-order valence-corrected chi connectivity index (χ2v) is 7.44. The van der Waals surface area contributed by atoms with Gasteiger partial charge in [0.2, 0.25) is 0 Å². The predicted molar refractivity (Wildman–Crippen MR) is 77.8 cm³/mol. The van der Waals surface area contributed by atoms with Gasteiger partial charge in [-0.2, -0.15) is 0 Å². The molecule has 6 atom stereocenters. The Balaban J connectivity index is 1.15. The summed E-state index contributed by atoms with van der Waals surface area (Å²) in [4.78, 5) is 4.89. The Hall–Kier alpha value is -0.240. The number of hydrogen-bond donors (Lipinski definition) is 0. The molecule has 4 aliphatic heterocycles. The van der Waals surface area contributed by atoms with Crippen LogP contribution in [-0.4, -0.2) is 74.2 Å². The maximum absolute atomic E-state index is 5.49. The second-order valence-electron chi connectivity index (χ2n) is 7.44. The maximum Gasteiger partial charge on any atom is 0.136 e. The van der Waals surface area contributed by atoms with Crippen molar-refractivity contribution in [1.29, 1.82) is 0 Å². The Bertz CT molecular complexity index is 347. The van der Waals surface area contributed by atoms with Crippen molar-refractivity contribution in [3.63, 3.8) is 0 Å². The molecular weight excluding hydrogens is 284 g/mol. The third kappa shape index (κ3) is 3.32. The van der Waals surface area contributed by atoms with Crippen LogP contribution >= 0.6 is 0 Å². The summed E-state index contributed by atoms with van der Waals surface area (Å²) in [5.41, 5.74) is 0. The number of nitrogens with zero attached hydrogens (tertiary/aromatic N) is 2. The second kappa shape index (κ2) is 5.69. The van der Waals surface area contributed by atoms with Gasteiger partial charge in [-0.3, -0.25) is 0 Å². The Morgan fingerprint density at radius 2 is 1.00 bits per heavy atom. The van der Waals surface area contributed by atoms with E-state index >= 15 is 0 Å². The zero-order valence-electron chi connectivity index (χ0n) is 13.1. The van der Waals surface area contributed by atoms with Crippen LogP contribution < -0.4 is 0 Å². The fraction of sp³-hybridized carbons (Fsp3) is 1.00. The summed E-state index contributed by atoms with van der Waals surface area (Å²) in [6.45, 7) is 5.85. The number of ether oxygens (including phenoxy) is 4. The summed E-state index contributed by atoms with van der Waals surface area (Å²) in [5.74, 6) is 1.57. The van der Waals surface area contributed by atoms with E-state index in [-0.39, 0.29) is 0 Å². The monoisotopic (exact) mass is 310 g/mol. The molecule has 1 saturated carbocycles. The lowest BCUT2D eigenvalue weighted by atomic mass is 9.81. The highest BCUT2D eigenvalue weighted by atomic mass is 16.6. The third-order valence-corrected chi connectivity index (χ3v) is 5.57. The van der Waals surface area contributed by atoms with Crippen LogP contribution in [0.3, 0.4) is 0 Å². The molecule has 5 unspecified atom stereocenters. The first-order valence-electron chi connectivity index (χ1n) is 8.85. The topological polar surface area (TPSA) is 56.6 Å². The van der Waals surface area contributed by atoms with E-state index < -0.39 is 0 Å². The Morgan fingerprint density at radius 3 is 1.32 bits per heavy atom.